The summed E-state index contributed by atoms with van der Waals surface area (Å²) in [4.78, 5) is 4.16. The van der Waals surface area contributed by atoms with Crippen LogP contribution in [0.1, 0.15) is 11.4 Å². The molecule has 2 rings (SSSR count). The highest BCUT2D eigenvalue weighted by Crippen LogP contribution is 2.17. The fourth-order valence-electron chi connectivity index (χ4n) is 1.30. The summed E-state index contributed by atoms with van der Waals surface area (Å²) in [5.74, 6) is 0.930. The predicted octanol–water partition coefficient (Wildman–Crippen LogP) is 1.38. The van der Waals surface area contributed by atoms with Gasteiger partial charge in [0.25, 0.3) is 0 Å². The van der Waals surface area contributed by atoms with Crippen molar-refractivity contribution in [1.82, 2.24) is 15.2 Å². The van der Waals surface area contributed by atoms with E-state index in [1.807, 2.05) is 0 Å². The van der Waals surface area contributed by atoms with Crippen LogP contribution in [0.5, 0.6) is 0 Å². The molecular weight excluding hydrogens is 195 g/mol. The van der Waals surface area contributed by atoms with Crippen LogP contribution in [0.4, 0.5) is 4.39 Å². The first-order chi connectivity index (χ1) is 7.20. The van der Waals surface area contributed by atoms with Gasteiger partial charge in [0.1, 0.15) is 11.6 Å². The Bertz CT molecular complexity index is 478. The van der Waals surface area contributed by atoms with Gasteiger partial charge in [-0.1, -0.05) is 0 Å². The molecule has 1 aromatic heterocycles. The van der Waals surface area contributed by atoms with Gasteiger partial charge in [-0.05, 0) is 30.7 Å². The van der Waals surface area contributed by atoms with Crippen LogP contribution >= 0.6 is 0 Å². The van der Waals surface area contributed by atoms with Crippen molar-refractivity contribution in [3.63, 3.8) is 0 Å². The summed E-state index contributed by atoms with van der Waals surface area (Å²) in [6.07, 6.45) is 0. The molecule has 0 aliphatic heterocycles. The zero-order valence-corrected chi connectivity index (χ0v) is 8.29. The van der Waals surface area contributed by atoms with Crippen LogP contribution in [-0.4, -0.2) is 15.2 Å². The average molecular weight is 206 g/mol. The Morgan fingerprint density at radius 2 is 2.27 bits per heavy atom. The standard InChI is InChI=1S/C10H11FN4/c1-6-4-7(2-3-8(6)11)10-13-9(5-12)14-15-10/h2-4H,5,12H2,1H3,(H,13,14,15). The van der Waals surface area contributed by atoms with Crippen LogP contribution in [0.25, 0.3) is 11.4 Å². The molecule has 1 heterocycles. The number of benzene rings is 1. The van der Waals surface area contributed by atoms with E-state index in [9.17, 15) is 4.39 Å². The lowest BCUT2D eigenvalue weighted by Crippen LogP contribution is -1.97. The fourth-order valence-corrected chi connectivity index (χ4v) is 1.30. The average Bonchev–Trinajstić information content (AvgIpc) is 2.70. The van der Waals surface area contributed by atoms with Crippen molar-refractivity contribution in [3.8, 4) is 11.4 Å². The number of rotatable bonds is 2. The summed E-state index contributed by atoms with van der Waals surface area (Å²) in [5, 5.41) is 6.70. The van der Waals surface area contributed by atoms with Crippen LogP contribution in [0, 0.1) is 12.7 Å². The molecule has 0 saturated heterocycles. The molecule has 4 nitrogen and oxygen atoms in total. The molecule has 0 aliphatic rings. The second kappa shape index (κ2) is 3.78. The van der Waals surface area contributed by atoms with Crippen LogP contribution in [0.2, 0.25) is 0 Å². The van der Waals surface area contributed by atoms with Gasteiger partial charge >= 0.3 is 0 Å². The van der Waals surface area contributed by atoms with Crippen molar-refractivity contribution >= 4 is 0 Å². The Balaban J connectivity index is 2.40. The van der Waals surface area contributed by atoms with Crippen molar-refractivity contribution in [2.24, 2.45) is 5.73 Å². The molecule has 15 heavy (non-hydrogen) atoms. The normalized spacial score (nSPS) is 10.6. The number of halogens is 1. The Kier molecular flexibility index (Phi) is 2.47. The minimum atomic E-state index is -0.228. The van der Waals surface area contributed by atoms with Crippen LogP contribution in [-0.2, 0) is 6.54 Å². The number of hydrogen-bond acceptors (Lipinski definition) is 3. The van der Waals surface area contributed by atoms with E-state index in [-0.39, 0.29) is 5.82 Å². The molecule has 3 N–H and O–H groups in total. The first-order valence-electron chi connectivity index (χ1n) is 4.58. The van der Waals surface area contributed by atoms with Crippen molar-refractivity contribution < 1.29 is 4.39 Å². The first kappa shape index (κ1) is 9.79. The zero-order valence-electron chi connectivity index (χ0n) is 8.29. The predicted molar refractivity (Wildman–Crippen MR) is 54.4 cm³/mol. The van der Waals surface area contributed by atoms with Crippen molar-refractivity contribution in [2.45, 2.75) is 13.5 Å². The molecule has 78 valence electrons. The molecular formula is C10H11FN4. The summed E-state index contributed by atoms with van der Waals surface area (Å²) in [6, 6.07) is 4.76. The minimum absolute atomic E-state index is 0.228. The maximum atomic E-state index is 13.0. The third kappa shape index (κ3) is 1.87. The van der Waals surface area contributed by atoms with Gasteiger partial charge < -0.3 is 5.73 Å². The molecule has 0 atom stereocenters. The Morgan fingerprint density at radius 1 is 1.47 bits per heavy atom. The van der Waals surface area contributed by atoms with E-state index in [1.54, 1.807) is 19.1 Å². The van der Waals surface area contributed by atoms with Crippen molar-refractivity contribution in [3.05, 3.63) is 35.4 Å². The minimum Gasteiger partial charge on any atom is -0.324 e. The highest BCUT2D eigenvalue weighted by atomic mass is 19.1. The molecule has 0 unspecified atom stereocenters. The fraction of sp³-hybridized carbons (Fsp3) is 0.200. The number of nitrogens with two attached hydrogens (primary N) is 1. The number of nitrogens with one attached hydrogen (secondary N) is 1. The topological polar surface area (TPSA) is 67.6 Å². The van der Waals surface area contributed by atoms with Crippen LogP contribution in [0.15, 0.2) is 18.2 Å². The van der Waals surface area contributed by atoms with E-state index in [2.05, 4.69) is 15.2 Å². The van der Waals surface area contributed by atoms with Gasteiger partial charge in [0.2, 0.25) is 0 Å². The maximum Gasteiger partial charge on any atom is 0.181 e. The first-order valence-corrected chi connectivity index (χ1v) is 4.58. The molecule has 0 fully saturated rings. The third-order valence-corrected chi connectivity index (χ3v) is 2.14. The Labute approximate surface area is 86.3 Å². The number of aryl methyl sites for hydroxylation is 1. The molecule has 0 saturated carbocycles. The molecule has 0 aliphatic carbocycles. The second-order valence-electron chi connectivity index (χ2n) is 3.27. The van der Waals surface area contributed by atoms with Gasteiger partial charge in [-0.3, -0.25) is 5.10 Å². The van der Waals surface area contributed by atoms with Gasteiger partial charge in [0.05, 0.1) is 6.54 Å². The summed E-state index contributed by atoms with van der Waals surface area (Å²) >= 11 is 0. The number of aromatic nitrogens is 3. The number of aromatic amines is 1. The molecule has 0 spiro atoms. The lowest BCUT2D eigenvalue weighted by atomic mass is 10.1. The van der Waals surface area contributed by atoms with Crippen LogP contribution in [0.3, 0.4) is 0 Å². The zero-order chi connectivity index (χ0) is 10.8. The SMILES string of the molecule is Cc1cc(-c2n[nH]c(CN)n2)ccc1F. The van der Waals surface area contributed by atoms with E-state index in [4.69, 9.17) is 5.73 Å². The smallest absolute Gasteiger partial charge is 0.181 e. The van der Waals surface area contributed by atoms with Gasteiger partial charge in [0.15, 0.2) is 5.82 Å². The van der Waals surface area contributed by atoms with Gasteiger partial charge in [-0.25, -0.2) is 9.37 Å². The summed E-state index contributed by atoms with van der Waals surface area (Å²) in [6.45, 7) is 2.02. The summed E-state index contributed by atoms with van der Waals surface area (Å²) < 4.78 is 13.0. The number of nitrogens with zero attached hydrogens (tertiary/aromatic N) is 2. The molecule has 2 aromatic rings. The quantitative estimate of drug-likeness (QED) is 0.780. The Hall–Kier alpha value is -1.75. The second-order valence-corrected chi connectivity index (χ2v) is 3.27. The lowest BCUT2D eigenvalue weighted by molar-refractivity contribution is 0.618. The summed E-state index contributed by atoms with van der Waals surface area (Å²) in [5.41, 5.74) is 6.76. The molecule has 0 bridgehead atoms. The maximum absolute atomic E-state index is 13.0. The molecule has 0 radical (unpaired) electrons. The van der Waals surface area contributed by atoms with E-state index in [0.717, 1.165) is 5.56 Å². The molecule has 1 aromatic carbocycles. The van der Waals surface area contributed by atoms with E-state index >= 15 is 0 Å². The van der Waals surface area contributed by atoms with Crippen molar-refractivity contribution in [2.75, 3.05) is 0 Å². The number of H-pyrrole nitrogens is 1. The largest absolute Gasteiger partial charge is 0.324 e. The van der Waals surface area contributed by atoms with Gasteiger partial charge in [-0.15, -0.1) is 0 Å². The third-order valence-electron chi connectivity index (χ3n) is 2.14. The number of hydrogen-bond donors (Lipinski definition) is 2. The summed E-state index contributed by atoms with van der Waals surface area (Å²) in [7, 11) is 0. The molecule has 0 amide bonds. The van der Waals surface area contributed by atoms with Crippen molar-refractivity contribution in [1.29, 1.82) is 0 Å². The van der Waals surface area contributed by atoms with E-state index < -0.39 is 0 Å². The highest BCUT2D eigenvalue weighted by Gasteiger charge is 2.06. The van der Waals surface area contributed by atoms with E-state index in [0.29, 0.717) is 23.8 Å². The highest BCUT2D eigenvalue weighted by molar-refractivity contribution is 5.55. The van der Waals surface area contributed by atoms with Crippen LogP contribution < -0.4 is 5.73 Å². The lowest BCUT2D eigenvalue weighted by Gasteiger charge is -1.98. The molecule has 5 heteroatoms. The van der Waals surface area contributed by atoms with E-state index in [1.165, 1.54) is 6.07 Å². The monoisotopic (exact) mass is 206 g/mol. The van der Waals surface area contributed by atoms with Gasteiger partial charge in [-0.2, -0.15) is 5.10 Å². The Morgan fingerprint density at radius 3 is 2.87 bits per heavy atom. The van der Waals surface area contributed by atoms with Gasteiger partial charge in [0, 0.05) is 5.56 Å².